The Kier molecular flexibility index (Phi) is 6.56. The van der Waals surface area contributed by atoms with E-state index in [1.54, 1.807) is 0 Å². The summed E-state index contributed by atoms with van der Waals surface area (Å²) in [6.45, 7) is 0. The van der Waals surface area contributed by atoms with Crippen molar-refractivity contribution in [3.8, 4) is 39.9 Å². The summed E-state index contributed by atoms with van der Waals surface area (Å²) in [7, 11) is 0. The Morgan fingerprint density at radius 2 is 0.946 bits per heavy atom. The molecule has 9 aromatic carbocycles. The van der Waals surface area contributed by atoms with E-state index in [1.165, 1.54) is 37.9 Å². The van der Waals surface area contributed by atoms with Crippen molar-refractivity contribution in [1.29, 1.82) is 0 Å². The van der Waals surface area contributed by atoms with E-state index in [-0.39, 0.29) is 0 Å². The third kappa shape index (κ3) is 4.64. The summed E-state index contributed by atoms with van der Waals surface area (Å²) in [4.78, 5) is 15.7. The van der Waals surface area contributed by atoms with E-state index in [2.05, 4.69) is 162 Å². The normalized spacial score (nSPS) is 11.9. The number of hydrogen-bond acceptors (Lipinski definition) is 4. The molecule has 0 aliphatic carbocycles. The third-order valence-electron chi connectivity index (χ3n) is 11.2. The van der Waals surface area contributed by atoms with Gasteiger partial charge in [0, 0.05) is 32.7 Å². The lowest BCUT2D eigenvalue weighted by Gasteiger charge is -2.11. The summed E-state index contributed by atoms with van der Waals surface area (Å²) in [6.07, 6.45) is 0. The van der Waals surface area contributed by atoms with Crippen molar-refractivity contribution in [3.63, 3.8) is 0 Å². The van der Waals surface area contributed by atoms with E-state index >= 15 is 0 Å². The molecular formula is C51H30N4O. The predicted octanol–water partition coefficient (Wildman–Crippen LogP) is 13.3. The summed E-state index contributed by atoms with van der Waals surface area (Å²) < 4.78 is 8.58. The first kappa shape index (κ1) is 30.8. The molecule has 0 bridgehead atoms. The van der Waals surface area contributed by atoms with Crippen LogP contribution in [0.1, 0.15) is 0 Å². The molecule has 0 aliphatic heterocycles. The molecule has 3 aromatic heterocycles. The van der Waals surface area contributed by atoms with Crippen molar-refractivity contribution < 1.29 is 4.42 Å². The van der Waals surface area contributed by atoms with Gasteiger partial charge in [0.1, 0.15) is 11.2 Å². The van der Waals surface area contributed by atoms with E-state index in [9.17, 15) is 0 Å². The highest BCUT2D eigenvalue weighted by Gasteiger charge is 2.21. The van der Waals surface area contributed by atoms with Crippen LogP contribution in [0.3, 0.4) is 0 Å². The minimum atomic E-state index is 0.560. The molecule has 3 heterocycles. The van der Waals surface area contributed by atoms with Crippen molar-refractivity contribution >= 4 is 76.1 Å². The van der Waals surface area contributed by atoms with Crippen LogP contribution in [0, 0.1) is 0 Å². The van der Waals surface area contributed by atoms with Crippen LogP contribution >= 0.6 is 0 Å². The van der Waals surface area contributed by atoms with E-state index in [0.29, 0.717) is 17.6 Å². The largest absolute Gasteiger partial charge is 0.456 e. The molecule has 5 nitrogen and oxygen atoms in total. The Morgan fingerprint density at radius 3 is 1.75 bits per heavy atom. The van der Waals surface area contributed by atoms with Gasteiger partial charge < -0.3 is 4.42 Å². The highest BCUT2D eigenvalue weighted by atomic mass is 16.3. The second-order valence-electron chi connectivity index (χ2n) is 14.4. The lowest BCUT2D eigenvalue weighted by Crippen LogP contribution is -2.06. The van der Waals surface area contributed by atoms with Crippen LogP contribution in [-0.4, -0.2) is 19.5 Å². The second kappa shape index (κ2) is 11.9. The molecule has 0 spiro atoms. The van der Waals surface area contributed by atoms with Gasteiger partial charge in [-0.3, -0.25) is 4.57 Å². The van der Waals surface area contributed by atoms with Crippen LogP contribution in [0.15, 0.2) is 186 Å². The summed E-state index contributed by atoms with van der Waals surface area (Å²) in [5, 5.41) is 11.6. The van der Waals surface area contributed by atoms with Crippen LogP contribution in [-0.2, 0) is 0 Å². The quantitative estimate of drug-likeness (QED) is 0.182. The molecule has 5 heteroatoms. The first-order valence-corrected chi connectivity index (χ1v) is 18.9. The van der Waals surface area contributed by atoms with Crippen LogP contribution < -0.4 is 0 Å². The van der Waals surface area contributed by atoms with E-state index in [4.69, 9.17) is 19.4 Å². The Labute approximate surface area is 320 Å². The van der Waals surface area contributed by atoms with Gasteiger partial charge in [0.15, 0.2) is 11.6 Å². The molecule has 260 valence electrons. The number of nitrogens with zero attached hydrogens (tertiary/aromatic N) is 4. The average molecular weight is 715 g/mol. The van der Waals surface area contributed by atoms with Crippen molar-refractivity contribution in [2.24, 2.45) is 0 Å². The molecule has 0 radical (unpaired) electrons. The monoisotopic (exact) mass is 714 g/mol. The van der Waals surface area contributed by atoms with E-state index in [0.717, 1.165) is 60.4 Å². The molecule has 0 unspecified atom stereocenters. The van der Waals surface area contributed by atoms with Gasteiger partial charge in [0.25, 0.3) is 0 Å². The van der Waals surface area contributed by atoms with Gasteiger partial charge in [0.05, 0.1) is 11.0 Å². The lowest BCUT2D eigenvalue weighted by molar-refractivity contribution is 0.669. The molecule has 0 amide bonds. The van der Waals surface area contributed by atoms with Gasteiger partial charge in [-0.1, -0.05) is 140 Å². The lowest BCUT2D eigenvalue weighted by atomic mass is 9.96. The first-order valence-electron chi connectivity index (χ1n) is 18.9. The van der Waals surface area contributed by atoms with Crippen LogP contribution in [0.2, 0.25) is 0 Å². The molecule has 56 heavy (non-hydrogen) atoms. The zero-order valence-corrected chi connectivity index (χ0v) is 30.0. The standard InChI is InChI=1S/C51H30N4O/c1-2-14-34(15-3-1)49-52-50(36-24-27-45-42(30-36)48-40-19-9-6-13-33(40)23-28-46(48)56-45)54-51(53-49)55-43-25-22-35(38-20-10-16-31-11-4-7-17-37(31)38)29-41(43)47-39-18-8-5-12-32(39)21-26-44(47)55/h1-30H. The molecule has 0 saturated carbocycles. The SMILES string of the molecule is c1ccc(-c2nc(-c3ccc4oc5ccc6ccccc6c5c4c3)nc(-n3c4ccc(-c5cccc6ccccc56)cc4c4c5ccccc5ccc43)n2)cc1. The highest BCUT2D eigenvalue weighted by Crippen LogP contribution is 2.41. The maximum atomic E-state index is 6.37. The molecular weight excluding hydrogens is 685 g/mol. The summed E-state index contributed by atoms with van der Waals surface area (Å²) in [5.41, 5.74) is 7.92. The molecule has 0 fully saturated rings. The van der Waals surface area contributed by atoms with Gasteiger partial charge in [-0.15, -0.1) is 0 Å². The number of furan rings is 1. The van der Waals surface area contributed by atoms with E-state index < -0.39 is 0 Å². The number of aromatic nitrogens is 4. The molecule has 0 saturated heterocycles. The fraction of sp³-hybridized carbons (Fsp3) is 0. The van der Waals surface area contributed by atoms with E-state index in [1.807, 2.05) is 24.3 Å². The minimum Gasteiger partial charge on any atom is -0.456 e. The Hall–Kier alpha value is -7.63. The zero-order chi connectivity index (χ0) is 36.7. The van der Waals surface area contributed by atoms with Gasteiger partial charge >= 0.3 is 0 Å². The zero-order valence-electron chi connectivity index (χ0n) is 30.0. The van der Waals surface area contributed by atoms with Crippen molar-refractivity contribution in [3.05, 3.63) is 182 Å². The first-order chi connectivity index (χ1) is 27.7. The van der Waals surface area contributed by atoms with Gasteiger partial charge in [-0.25, -0.2) is 4.98 Å². The number of benzene rings is 9. The summed E-state index contributed by atoms with van der Waals surface area (Å²) >= 11 is 0. The maximum Gasteiger partial charge on any atom is 0.238 e. The summed E-state index contributed by atoms with van der Waals surface area (Å²) in [6, 6.07) is 64.0. The molecule has 0 atom stereocenters. The Morgan fingerprint density at radius 1 is 0.357 bits per heavy atom. The second-order valence-corrected chi connectivity index (χ2v) is 14.4. The molecule has 0 N–H and O–H groups in total. The van der Waals surface area contributed by atoms with Gasteiger partial charge in [-0.05, 0) is 85.9 Å². The van der Waals surface area contributed by atoms with Gasteiger partial charge in [-0.2, -0.15) is 9.97 Å². The number of hydrogen-bond donors (Lipinski definition) is 0. The molecule has 0 aliphatic rings. The minimum absolute atomic E-state index is 0.560. The van der Waals surface area contributed by atoms with Crippen molar-refractivity contribution in [2.45, 2.75) is 0 Å². The number of fused-ring (bicyclic) bond motifs is 11. The van der Waals surface area contributed by atoms with Crippen molar-refractivity contribution in [2.75, 3.05) is 0 Å². The highest BCUT2D eigenvalue weighted by molar-refractivity contribution is 6.22. The fourth-order valence-corrected chi connectivity index (χ4v) is 8.65. The van der Waals surface area contributed by atoms with Gasteiger partial charge in [0.2, 0.25) is 5.95 Å². The number of rotatable bonds is 4. The molecule has 12 aromatic rings. The topological polar surface area (TPSA) is 56.7 Å². The van der Waals surface area contributed by atoms with Crippen molar-refractivity contribution in [1.82, 2.24) is 19.5 Å². The Bertz CT molecular complexity index is 3540. The predicted molar refractivity (Wildman–Crippen MR) is 230 cm³/mol. The summed E-state index contributed by atoms with van der Waals surface area (Å²) in [5.74, 6) is 1.76. The van der Waals surface area contributed by atoms with Crippen LogP contribution in [0.25, 0.3) is 116 Å². The molecule has 12 rings (SSSR count). The average Bonchev–Trinajstić information content (AvgIpc) is 3.82. The maximum absolute atomic E-state index is 6.37. The van der Waals surface area contributed by atoms with Crippen LogP contribution in [0.5, 0.6) is 0 Å². The van der Waals surface area contributed by atoms with Crippen LogP contribution in [0.4, 0.5) is 0 Å². The third-order valence-corrected chi connectivity index (χ3v) is 11.2. The smallest absolute Gasteiger partial charge is 0.238 e. The Balaban J connectivity index is 1.14. The fourth-order valence-electron chi connectivity index (χ4n) is 8.65.